The lowest BCUT2D eigenvalue weighted by Crippen LogP contribution is -2.35. The van der Waals surface area contributed by atoms with Gasteiger partial charge in [0.05, 0.1) is 12.9 Å². The number of hydrogen-bond acceptors (Lipinski definition) is 7. The van der Waals surface area contributed by atoms with Gasteiger partial charge in [0, 0.05) is 20.0 Å². The Morgan fingerprint density at radius 1 is 1.30 bits per heavy atom. The molecule has 27 heavy (non-hydrogen) atoms. The summed E-state index contributed by atoms with van der Waals surface area (Å²) in [6, 6.07) is 1.49. The Balaban J connectivity index is 2.90. The number of aromatic nitrogens is 1. The Morgan fingerprint density at radius 2 is 1.93 bits per heavy atom. The van der Waals surface area contributed by atoms with E-state index in [2.05, 4.69) is 15.8 Å². The first-order valence-electron chi connectivity index (χ1n) is 7.57. The summed E-state index contributed by atoms with van der Waals surface area (Å²) in [6.07, 6.45) is -4.07. The van der Waals surface area contributed by atoms with E-state index in [0.29, 0.717) is 6.07 Å². The van der Waals surface area contributed by atoms with Crippen LogP contribution in [0.15, 0.2) is 12.1 Å². The van der Waals surface area contributed by atoms with E-state index in [9.17, 15) is 31.2 Å². The Labute approximate surface area is 153 Å². The molecule has 1 amide bonds. The van der Waals surface area contributed by atoms with Gasteiger partial charge in [-0.25, -0.2) is 22.5 Å². The van der Waals surface area contributed by atoms with Crippen LogP contribution in [0.2, 0.25) is 0 Å². The zero-order valence-electron chi connectivity index (χ0n) is 14.8. The molecular weight excluding hydrogens is 393 g/mol. The molecule has 1 aromatic rings. The molecule has 1 heterocycles. The summed E-state index contributed by atoms with van der Waals surface area (Å²) >= 11 is 0. The van der Waals surface area contributed by atoms with Crippen LogP contribution in [0.5, 0.6) is 0 Å². The van der Waals surface area contributed by atoms with E-state index >= 15 is 0 Å². The first-order chi connectivity index (χ1) is 12.4. The van der Waals surface area contributed by atoms with Crippen molar-refractivity contribution >= 4 is 27.7 Å². The highest BCUT2D eigenvalue weighted by atomic mass is 32.2. The Kier molecular flexibility index (Phi) is 7.54. The molecule has 1 aromatic heterocycles. The van der Waals surface area contributed by atoms with Gasteiger partial charge in [-0.05, 0) is 19.1 Å². The number of hydrogen-bond donors (Lipinski definition) is 2. The topological polar surface area (TPSA) is 118 Å². The second-order valence-corrected chi connectivity index (χ2v) is 7.41. The van der Waals surface area contributed by atoms with Gasteiger partial charge < -0.3 is 4.74 Å². The average Bonchev–Trinajstić information content (AvgIpc) is 2.56. The third-order valence-corrected chi connectivity index (χ3v) is 4.54. The molecule has 0 fully saturated rings. The van der Waals surface area contributed by atoms with E-state index in [4.69, 9.17) is 4.74 Å². The predicted octanol–water partition coefficient (Wildman–Crippen LogP) is 1.00. The number of esters is 1. The maximum absolute atomic E-state index is 12.8. The molecule has 1 rings (SSSR count). The molecule has 0 bridgehead atoms. The van der Waals surface area contributed by atoms with Gasteiger partial charge in [0.15, 0.2) is 5.82 Å². The van der Waals surface area contributed by atoms with Crippen molar-refractivity contribution in [2.45, 2.75) is 19.5 Å². The van der Waals surface area contributed by atoms with Gasteiger partial charge in [-0.1, -0.05) is 0 Å². The Bertz CT molecular complexity index is 798. The fraction of sp³-hybridized carbons (Fsp3) is 0.500. The molecule has 0 atom stereocenters. The quantitative estimate of drug-likeness (QED) is 0.483. The van der Waals surface area contributed by atoms with Crippen molar-refractivity contribution < 1.29 is 35.9 Å². The predicted molar refractivity (Wildman–Crippen MR) is 89.1 cm³/mol. The highest BCUT2D eigenvalue weighted by Crippen LogP contribution is 2.29. The van der Waals surface area contributed by atoms with Crippen LogP contribution in [0.4, 0.5) is 19.0 Å². The van der Waals surface area contributed by atoms with E-state index in [1.54, 1.807) is 0 Å². The van der Waals surface area contributed by atoms with Crippen molar-refractivity contribution in [2.24, 2.45) is 0 Å². The number of rotatable bonds is 8. The minimum atomic E-state index is -4.76. The number of sulfonamides is 1. The summed E-state index contributed by atoms with van der Waals surface area (Å²) in [5.41, 5.74) is 2.64. The molecule has 0 spiro atoms. The van der Waals surface area contributed by atoms with Crippen molar-refractivity contribution in [1.29, 1.82) is 0 Å². The largest absolute Gasteiger partial charge is 0.462 e. The SMILES string of the molecule is CCOC(=O)c1ccc(C(F)(F)F)nc1NNC(=O)CCN(C)S(C)(=O)=O. The number of carbonyl (C=O) groups is 2. The van der Waals surface area contributed by atoms with Crippen molar-refractivity contribution in [3.8, 4) is 0 Å². The monoisotopic (exact) mass is 412 g/mol. The summed E-state index contributed by atoms with van der Waals surface area (Å²) < 4.78 is 66.6. The zero-order valence-corrected chi connectivity index (χ0v) is 15.6. The summed E-state index contributed by atoms with van der Waals surface area (Å²) in [4.78, 5) is 26.9. The number of carbonyl (C=O) groups excluding carboxylic acids is 2. The minimum absolute atomic E-state index is 0.0104. The normalized spacial score (nSPS) is 12.0. The van der Waals surface area contributed by atoms with Gasteiger partial charge >= 0.3 is 12.1 Å². The lowest BCUT2D eigenvalue weighted by molar-refractivity contribution is -0.141. The molecule has 2 N–H and O–H groups in total. The smallest absolute Gasteiger partial charge is 0.433 e. The van der Waals surface area contributed by atoms with E-state index in [1.807, 2.05) is 0 Å². The minimum Gasteiger partial charge on any atom is -0.462 e. The second-order valence-electron chi connectivity index (χ2n) is 5.32. The van der Waals surface area contributed by atoms with E-state index in [-0.39, 0.29) is 25.1 Å². The fourth-order valence-corrected chi connectivity index (χ4v) is 2.13. The molecule has 0 aliphatic heterocycles. The highest BCUT2D eigenvalue weighted by molar-refractivity contribution is 7.88. The van der Waals surface area contributed by atoms with Crippen LogP contribution in [0.1, 0.15) is 29.4 Å². The second kappa shape index (κ2) is 8.99. The number of hydrazine groups is 1. The molecule has 0 radical (unpaired) electrons. The number of anilines is 1. The van der Waals surface area contributed by atoms with Crippen molar-refractivity contribution in [3.05, 3.63) is 23.4 Å². The number of ether oxygens (including phenoxy) is 1. The molecule has 13 heteroatoms. The van der Waals surface area contributed by atoms with Crippen LogP contribution >= 0.6 is 0 Å². The van der Waals surface area contributed by atoms with Crippen LogP contribution in [-0.4, -0.2) is 56.0 Å². The first kappa shape index (κ1) is 22.6. The highest BCUT2D eigenvalue weighted by Gasteiger charge is 2.33. The van der Waals surface area contributed by atoms with Gasteiger partial charge in [0.1, 0.15) is 11.3 Å². The molecule has 0 aromatic carbocycles. The molecule has 9 nitrogen and oxygen atoms in total. The van der Waals surface area contributed by atoms with Crippen molar-refractivity contribution in [1.82, 2.24) is 14.7 Å². The van der Waals surface area contributed by atoms with Gasteiger partial charge in [-0.3, -0.25) is 15.6 Å². The number of nitrogens with one attached hydrogen (secondary N) is 2. The average molecular weight is 412 g/mol. The fourth-order valence-electron chi connectivity index (χ4n) is 1.70. The van der Waals surface area contributed by atoms with E-state index in [0.717, 1.165) is 16.6 Å². The zero-order chi connectivity index (χ0) is 20.8. The van der Waals surface area contributed by atoms with Crippen LogP contribution in [0.3, 0.4) is 0 Å². The third kappa shape index (κ3) is 7.02. The van der Waals surface area contributed by atoms with E-state index < -0.39 is 39.6 Å². The standard InChI is InChI=1S/C14H19F3N4O5S/c1-4-26-13(23)9-5-6-10(14(15,16)17)18-12(9)20-19-11(22)7-8-21(2)27(3,24)25/h5-6H,4,7-8H2,1-3H3,(H,18,20)(H,19,22). The Morgan fingerprint density at radius 3 is 2.44 bits per heavy atom. The van der Waals surface area contributed by atoms with Crippen molar-refractivity contribution in [3.63, 3.8) is 0 Å². The molecule has 0 unspecified atom stereocenters. The number of alkyl halides is 3. The number of halogens is 3. The van der Waals surface area contributed by atoms with Gasteiger partial charge in [0.25, 0.3) is 0 Å². The van der Waals surface area contributed by atoms with Gasteiger partial charge in [-0.15, -0.1) is 0 Å². The van der Waals surface area contributed by atoms with E-state index in [1.165, 1.54) is 14.0 Å². The maximum atomic E-state index is 12.8. The number of nitrogens with zero attached hydrogens (tertiary/aromatic N) is 2. The molecule has 0 aliphatic carbocycles. The maximum Gasteiger partial charge on any atom is 0.433 e. The lowest BCUT2D eigenvalue weighted by atomic mass is 10.2. The summed E-state index contributed by atoms with van der Waals surface area (Å²) in [5, 5.41) is 0. The Hall–Kier alpha value is -2.41. The van der Waals surface area contributed by atoms with Crippen LogP contribution in [0.25, 0.3) is 0 Å². The lowest BCUT2D eigenvalue weighted by Gasteiger charge is -2.15. The molecule has 0 aliphatic rings. The van der Waals surface area contributed by atoms with Crippen LogP contribution < -0.4 is 10.9 Å². The third-order valence-electron chi connectivity index (χ3n) is 3.22. The number of pyridine rings is 1. The number of amides is 1. The molecular formula is C14H19F3N4O5S. The summed E-state index contributed by atoms with van der Waals surface area (Å²) in [6.45, 7) is 1.36. The summed E-state index contributed by atoms with van der Waals surface area (Å²) in [5.74, 6) is -2.19. The molecule has 152 valence electrons. The first-order valence-corrected chi connectivity index (χ1v) is 9.42. The van der Waals surface area contributed by atoms with Crippen LogP contribution in [-0.2, 0) is 25.7 Å². The molecule has 0 saturated carbocycles. The van der Waals surface area contributed by atoms with Crippen molar-refractivity contribution in [2.75, 3.05) is 31.9 Å². The van der Waals surface area contributed by atoms with Gasteiger partial charge in [0.2, 0.25) is 15.9 Å². The summed E-state index contributed by atoms with van der Waals surface area (Å²) in [7, 11) is -2.21. The van der Waals surface area contributed by atoms with Crippen LogP contribution in [0, 0.1) is 0 Å². The molecule has 0 saturated heterocycles. The van der Waals surface area contributed by atoms with Gasteiger partial charge in [-0.2, -0.15) is 13.2 Å².